The number of aromatic nitrogens is 1. The molecule has 2 saturated heterocycles. The number of terminal acetylenes is 1. The number of aromatic amines is 1. The van der Waals surface area contributed by atoms with Gasteiger partial charge in [0.15, 0.2) is 5.43 Å². The Hall–Kier alpha value is -4.32. The fourth-order valence-corrected chi connectivity index (χ4v) is 3.69. The van der Waals surface area contributed by atoms with Gasteiger partial charge in [0.25, 0.3) is 5.91 Å². The van der Waals surface area contributed by atoms with Gasteiger partial charge in [-0.2, -0.15) is 0 Å². The standard InChI is InChI=1S/C17H18N4O2.C7H11NO2.C2H2/c1-11-2-4-12(5-3-11)9-21-17(23)15-6-16(22)14(10-20-15)13(7-18)8-19;9-7-8-4-2-1-3-6(8)5-10-7;1-2/h2-8,10,18H,9,19H2,1H3,(H,20,22)(H,21,23);6H,1-5H2;1-2H/b13-8+,18-7?;;. The number of hydrogen-bond donors (Lipinski definition) is 4. The number of benzene rings is 1. The number of aryl methyl sites for hydroxylation is 1. The van der Waals surface area contributed by atoms with Crippen LogP contribution in [0.5, 0.6) is 0 Å². The molecule has 1 unspecified atom stereocenters. The third-order valence-corrected chi connectivity index (χ3v) is 5.64. The van der Waals surface area contributed by atoms with Gasteiger partial charge in [0, 0.05) is 48.9 Å². The minimum Gasteiger partial charge on any atom is -0.447 e. The average molecular weight is 478 g/mol. The Morgan fingerprint density at radius 1 is 1.29 bits per heavy atom. The second kappa shape index (κ2) is 13.4. The van der Waals surface area contributed by atoms with E-state index in [0.29, 0.717) is 19.2 Å². The largest absolute Gasteiger partial charge is 0.447 e. The summed E-state index contributed by atoms with van der Waals surface area (Å²) in [5, 5.41) is 9.95. The normalized spacial score (nSPS) is 16.4. The van der Waals surface area contributed by atoms with Crippen molar-refractivity contribution in [3.8, 4) is 12.8 Å². The van der Waals surface area contributed by atoms with Crippen molar-refractivity contribution in [2.45, 2.75) is 38.8 Å². The van der Waals surface area contributed by atoms with Gasteiger partial charge in [0.05, 0.1) is 6.04 Å². The van der Waals surface area contributed by atoms with Crippen LogP contribution in [0.3, 0.4) is 0 Å². The summed E-state index contributed by atoms with van der Waals surface area (Å²) < 4.78 is 4.89. The van der Waals surface area contributed by atoms with Crippen LogP contribution in [-0.2, 0) is 11.3 Å². The lowest BCUT2D eigenvalue weighted by Crippen LogP contribution is -2.37. The van der Waals surface area contributed by atoms with Gasteiger partial charge in [-0.25, -0.2) is 4.79 Å². The Bertz CT molecular complexity index is 1130. The number of allylic oxidation sites excluding steroid dienone is 1. The van der Waals surface area contributed by atoms with Gasteiger partial charge in [-0.15, -0.1) is 12.8 Å². The van der Waals surface area contributed by atoms with E-state index in [-0.39, 0.29) is 34.3 Å². The molecule has 1 atom stereocenters. The van der Waals surface area contributed by atoms with E-state index in [1.54, 1.807) is 0 Å². The smallest absolute Gasteiger partial charge is 0.410 e. The number of carbonyl (C=O) groups is 2. The van der Waals surface area contributed by atoms with E-state index in [0.717, 1.165) is 36.7 Å². The van der Waals surface area contributed by atoms with E-state index >= 15 is 0 Å². The molecule has 35 heavy (non-hydrogen) atoms. The van der Waals surface area contributed by atoms with Crippen molar-refractivity contribution in [1.82, 2.24) is 15.2 Å². The van der Waals surface area contributed by atoms with Crippen LogP contribution < -0.4 is 16.5 Å². The van der Waals surface area contributed by atoms with E-state index in [2.05, 4.69) is 23.1 Å². The first-order chi connectivity index (χ1) is 16.9. The number of piperidine rings is 1. The molecule has 2 aliphatic heterocycles. The molecule has 0 radical (unpaired) electrons. The number of hydrogen-bond acceptors (Lipinski definition) is 6. The topological polar surface area (TPSA) is 141 Å². The van der Waals surface area contributed by atoms with Gasteiger partial charge in [0.2, 0.25) is 0 Å². The number of amides is 2. The number of fused-ring (bicyclic) bond motifs is 1. The van der Waals surface area contributed by atoms with Crippen LogP contribution in [0.4, 0.5) is 4.79 Å². The molecule has 2 amide bonds. The van der Waals surface area contributed by atoms with E-state index in [4.69, 9.17) is 15.9 Å². The molecule has 1 aromatic carbocycles. The van der Waals surface area contributed by atoms with Crippen molar-refractivity contribution >= 4 is 23.8 Å². The molecule has 184 valence electrons. The van der Waals surface area contributed by atoms with E-state index in [1.807, 2.05) is 36.1 Å². The van der Waals surface area contributed by atoms with Crippen LogP contribution >= 0.6 is 0 Å². The summed E-state index contributed by atoms with van der Waals surface area (Å²) in [6.07, 6.45) is 15.0. The van der Waals surface area contributed by atoms with Crippen LogP contribution in [0.15, 0.2) is 47.5 Å². The third-order valence-electron chi connectivity index (χ3n) is 5.64. The molecule has 2 fully saturated rings. The van der Waals surface area contributed by atoms with E-state index in [1.165, 1.54) is 24.9 Å². The molecule has 9 heteroatoms. The van der Waals surface area contributed by atoms with Crippen molar-refractivity contribution in [3.63, 3.8) is 0 Å². The van der Waals surface area contributed by atoms with Crippen molar-refractivity contribution in [3.05, 3.63) is 75.3 Å². The Morgan fingerprint density at radius 3 is 2.60 bits per heavy atom. The zero-order valence-corrected chi connectivity index (χ0v) is 19.8. The fraction of sp³-hybridized carbons (Fsp3) is 0.308. The van der Waals surface area contributed by atoms with E-state index < -0.39 is 0 Å². The van der Waals surface area contributed by atoms with Gasteiger partial charge >= 0.3 is 6.09 Å². The lowest BCUT2D eigenvalue weighted by atomic mass is 10.0. The molecule has 0 spiro atoms. The second-order valence-corrected chi connectivity index (χ2v) is 7.98. The van der Waals surface area contributed by atoms with Crippen LogP contribution in [0.1, 0.15) is 46.4 Å². The summed E-state index contributed by atoms with van der Waals surface area (Å²) in [4.78, 5) is 39.6. The number of carbonyl (C=O) groups excluding carboxylic acids is 2. The molecule has 9 nitrogen and oxygen atoms in total. The first kappa shape index (κ1) is 26.9. The number of nitrogens with two attached hydrogens (primary N) is 1. The molecular weight excluding hydrogens is 446 g/mol. The van der Waals surface area contributed by atoms with Crippen LogP contribution in [0, 0.1) is 25.2 Å². The summed E-state index contributed by atoms with van der Waals surface area (Å²) in [5.74, 6) is -0.373. The van der Waals surface area contributed by atoms with Crippen LogP contribution in [0.2, 0.25) is 0 Å². The highest BCUT2D eigenvalue weighted by Crippen LogP contribution is 2.22. The highest BCUT2D eigenvalue weighted by Gasteiger charge is 2.34. The number of cyclic esters (lactones) is 1. The third kappa shape index (κ3) is 7.33. The number of nitrogens with zero attached hydrogens (tertiary/aromatic N) is 1. The summed E-state index contributed by atoms with van der Waals surface area (Å²) in [6.45, 7) is 3.90. The molecule has 0 aliphatic carbocycles. The Balaban J connectivity index is 0.000000296. The molecule has 1 aromatic heterocycles. The zero-order chi connectivity index (χ0) is 25.8. The fourth-order valence-electron chi connectivity index (χ4n) is 3.69. The van der Waals surface area contributed by atoms with Crippen LogP contribution in [-0.4, -0.2) is 47.3 Å². The molecule has 0 saturated carbocycles. The lowest BCUT2D eigenvalue weighted by Gasteiger charge is -2.25. The maximum Gasteiger partial charge on any atom is 0.410 e. The van der Waals surface area contributed by atoms with Crippen molar-refractivity contribution in [1.29, 1.82) is 5.41 Å². The highest BCUT2D eigenvalue weighted by molar-refractivity contribution is 6.08. The molecule has 5 N–H and O–H groups in total. The number of ether oxygens (including phenoxy) is 1. The number of H-pyrrole nitrogens is 1. The van der Waals surface area contributed by atoms with Gasteiger partial charge in [-0.3, -0.25) is 9.59 Å². The van der Waals surface area contributed by atoms with Crippen molar-refractivity contribution in [2.75, 3.05) is 13.2 Å². The van der Waals surface area contributed by atoms with Gasteiger partial charge in [-0.05, 0) is 31.7 Å². The molecule has 2 aliphatic rings. The average Bonchev–Trinajstić information content (AvgIpc) is 3.27. The predicted molar refractivity (Wildman–Crippen MR) is 136 cm³/mol. The predicted octanol–water partition coefficient (Wildman–Crippen LogP) is 2.80. The Labute approximate surface area is 204 Å². The summed E-state index contributed by atoms with van der Waals surface area (Å²) in [7, 11) is 0. The number of rotatable bonds is 5. The first-order valence-corrected chi connectivity index (χ1v) is 11.2. The Morgan fingerprint density at radius 2 is 2.00 bits per heavy atom. The number of pyridine rings is 1. The molecule has 4 rings (SSSR count). The van der Waals surface area contributed by atoms with Crippen molar-refractivity contribution in [2.24, 2.45) is 5.73 Å². The SMILES string of the molecule is C#C.Cc1ccc(CNC(=O)c2cc(=O)c(/C(C=N)=C/N)c[nH]2)cc1.O=C1OCC2CCCCN12. The Kier molecular flexibility index (Phi) is 10.3. The van der Waals surface area contributed by atoms with E-state index in [9.17, 15) is 14.4 Å². The molecule has 2 aromatic rings. The summed E-state index contributed by atoms with van der Waals surface area (Å²) >= 11 is 0. The zero-order valence-electron chi connectivity index (χ0n) is 19.8. The molecular formula is C26H31N5O4. The molecule has 0 bridgehead atoms. The minimum absolute atomic E-state index is 0.107. The van der Waals surface area contributed by atoms with Gasteiger partial charge in [-0.1, -0.05) is 29.8 Å². The summed E-state index contributed by atoms with van der Waals surface area (Å²) in [5.41, 5.74) is 7.81. The second-order valence-electron chi connectivity index (χ2n) is 7.98. The first-order valence-electron chi connectivity index (χ1n) is 11.2. The van der Waals surface area contributed by atoms with Crippen molar-refractivity contribution < 1.29 is 14.3 Å². The quantitative estimate of drug-likeness (QED) is 0.387. The monoisotopic (exact) mass is 477 g/mol. The lowest BCUT2D eigenvalue weighted by molar-refractivity contribution is 0.0945. The van der Waals surface area contributed by atoms with Crippen LogP contribution in [0.25, 0.3) is 5.57 Å². The minimum atomic E-state index is -0.373. The molecule has 3 heterocycles. The maximum atomic E-state index is 12.1. The van der Waals surface area contributed by atoms with Gasteiger partial charge < -0.3 is 31.1 Å². The van der Waals surface area contributed by atoms with Gasteiger partial charge in [0.1, 0.15) is 12.3 Å². The summed E-state index contributed by atoms with van der Waals surface area (Å²) in [6, 6.07) is 9.41. The highest BCUT2D eigenvalue weighted by atomic mass is 16.6. The number of nitrogens with one attached hydrogen (secondary N) is 3. The maximum absolute atomic E-state index is 12.1.